The normalized spacial score (nSPS) is 19.4. The Morgan fingerprint density at radius 2 is 1.79 bits per heavy atom. The minimum absolute atomic E-state index is 0.0296. The number of nitrogens with two attached hydrogens (primary N) is 1. The van der Waals surface area contributed by atoms with Gasteiger partial charge in [-0.3, -0.25) is 9.36 Å². The summed E-state index contributed by atoms with van der Waals surface area (Å²) in [4.78, 5) is 19.2. The van der Waals surface area contributed by atoms with Gasteiger partial charge in [0.2, 0.25) is 17.0 Å². The Labute approximate surface area is 179 Å². The Morgan fingerprint density at radius 3 is 2.38 bits per heavy atom. The van der Waals surface area contributed by atoms with Crippen LogP contribution in [0.15, 0.2) is 53.7 Å². The van der Waals surface area contributed by atoms with Crippen LogP contribution >= 0.6 is 23.2 Å². The molecule has 150 valence electrons. The first-order valence-corrected chi connectivity index (χ1v) is 10.4. The molecule has 1 aromatic heterocycles. The van der Waals surface area contributed by atoms with E-state index in [-0.39, 0.29) is 23.3 Å². The largest absolute Gasteiger partial charge is 0.399 e. The smallest absolute Gasteiger partial charge is 0.260 e. The second kappa shape index (κ2) is 7.14. The number of imidazole rings is 1. The van der Waals surface area contributed by atoms with E-state index in [0.717, 1.165) is 5.56 Å². The van der Waals surface area contributed by atoms with Gasteiger partial charge in [0, 0.05) is 22.2 Å². The van der Waals surface area contributed by atoms with E-state index in [1.165, 1.54) is 15.7 Å². The molecule has 0 saturated carbocycles. The summed E-state index contributed by atoms with van der Waals surface area (Å²) in [6.07, 6.45) is 1.56. The van der Waals surface area contributed by atoms with Gasteiger partial charge in [0.15, 0.2) is 5.03 Å². The molecule has 0 aliphatic carbocycles. The standard InChI is InChI=1S/C19H16Cl2N4O3S/c1-19(9-11-2-4-14(22)5-3-11)17(26)24(15-7-12(20)6-13(21)8-15)18-23-10-16(25(18)19)29(27)28/h2-8,10H,9,22H2,1H3,(H,27,28)/t19-/m1/s1. The lowest BCUT2D eigenvalue weighted by Gasteiger charge is -2.26. The average Bonchev–Trinajstić information content (AvgIpc) is 3.16. The molecule has 0 radical (unpaired) electrons. The van der Waals surface area contributed by atoms with Gasteiger partial charge in [-0.25, -0.2) is 14.1 Å². The molecule has 3 N–H and O–H groups in total. The van der Waals surface area contributed by atoms with Crippen molar-refractivity contribution in [3.05, 3.63) is 64.3 Å². The molecule has 0 fully saturated rings. The van der Waals surface area contributed by atoms with Crippen molar-refractivity contribution < 1.29 is 13.6 Å². The fraction of sp³-hybridized carbons (Fsp3) is 0.158. The molecule has 29 heavy (non-hydrogen) atoms. The number of halogens is 2. The molecule has 1 aliphatic heterocycles. The van der Waals surface area contributed by atoms with Gasteiger partial charge in [-0.2, -0.15) is 0 Å². The van der Waals surface area contributed by atoms with Crippen molar-refractivity contribution in [2.24, 2.45) is 0 Å². The van der Waals surface area contributed by atoms with E-state index in [9.17, 15) is 13.6 Å². The highest BCUT2D eigenvalue weighted by molar-refractivity contribution is 7.79. The number of hydrogen-bond donors (Lipinski definition) is 2. The Balaban J connectivity index is 1.89. The van der Waals surface area contributed by atoms with Crippen LogP contribution in [0.3, 0.4) is 0 Å². The number of aromatic nitrogens is 2. The van der Waals surface area contributed by atoms with Crippen LogP contribution in [0.2, 0.25) is 10.0 Å². The van der Waals surface area contributed by atoms with Crippen molar-refractivity contribution in [2.45, 2.75) is 23.9 Å². The van der Waals surface area contributed by atoms with Gasteiger partial charge in [-0.1, -0.05) is 35.3 Å². The minimum Gasteiger partial charge on any atom is -0.399 e. The quantitative estimate of drug-likeness (QED) is 0.462. The summed E-state index contributed by atoms with van der Waals surface area (Å²) in [5.41, 5.74) is 6.44. The van der Waals surface area contributed by atoms with E-state index < -0.39 is 16.6 Å². The van der Waals surface area contributed by atoms with Gasteiger partial charge >= 0.3 is 0 Å². The molecular weight excluding hydrogens is 435 g/mol. The van der Waals surface area contributed by atoms with E-state index in [1.807, 2.05) is 12.1 Å². The third-order valence-electron chi connectivity index (χ3n) is 4.88. The van der Waals surface area contributed by atoms with E-state index in [1.54, 1.807) is 37.3 Å². The molecule has 3 aromatic rings. The van der Waals surface area contributed by atoms with E-state index >= 15 is 0 Å². The number of amides is 1. The van der Waals surface area contributed by atoms with Crippen LogP contribution in [0.5, 0.6) is 0 Å². The molecule has 0 spiro atoms. The second-order valence-electron chi connectivity index (χ2n) is 6.94. The molecular formula is C19H16Cl2N4O3S. The first kappa shape index (κ1) is 19.9. The maximum atomic E-state index is 13.6. The lowest BCUT2D eigenvalue weighted by molar-refractivity contribution is -0.124. The third kappa shape index (κ3) is 3.32. The van der Waals surface area contributed by atoms with E-state index in [4.69, 9.17) is 28.9 Å². The number of carbonyl (C=O) groups is 1. The van der Waals surface area contributed by atoms with Gasteiger partial charge in [-0.15, -0.1) is 0 Å². The number of hydrogen-bond acceptors (Lipinski definition) is 4. The predicted molar refractivity (Wildman–Crippen MR) is 113 cm³/mol. The van der Waals surface area contributed by atoms with Crippen LogP contribution in [-0.4, -0.2) is 24.2 Å². The zero-order valence-electron chi connectivity index (χ0n) is 15.2. The Kier molecular flexibility index (Phi) is 4.90. The monoisotopic (exact) mass is 450 g/mol. The zero-order valence-corrected chi connectivity index (χ0v) is 17.5. The summed E-state index contributed by atoms with van der Waals surface area (Å²) < 4.78 is 23.2. The maximum absolute atomic E-state index is 13.6. The van der Waals surface area contributed by atoms with Crippen LogP contribution in [0.25, 0.3) is 0 Å². The van der Waals surface area contributed by atoms with Crippen LogP contribution < -0.4 is 10.6 Å². The molecule has 2 heterocycles. The highest BCUT2D eigenvalue weighted by atomic mass is 35.5. The van der Waals surface area contributed by atoms with Crippen molar-refractivity contribution in [2.75, 3.05) is 10.6 Å². The number of carbonyl (C=O) groups excluding carboxylic acids is 1. The van der Waals surface area contributed by atoms with Crippen LogP contribution in [0.4, 0.5) is 17.3 Å². The van der Waals surface area contributed by atoms with E-state index in [2.05, 4.69) is 4.98 Å². The molecule has 1 aliphatic rings. The second-order valence-corrected chi connectivity index (χ2v) is 8.73. The Hall–Kier alpha value is -2.39. The van der Waals surface area contributed by atoms with Crippen molar-refractivity contribution >= 4 is 57.5 Å². The first-order valence-electron chi connectivity index (χ1n) is 8.55. The van der Waals surface area contributed by atoms with Crippen molar-refractivity contribution in [3.8, 4) is 0 Å². The van der Waals surface area contributed by atoms with Crippen LogP contribution in [0, 0.1) is 0 Å². The SMILES string of the molecule is C[C@@]1(Cc2ccc(N)cc2)C(=O)N(c2cc(Cl)cc(Cl)c2)c2ncc(S(=O)O)n21. The van der Waals surface area contributed by atoms with Gasteiger partial charge < -0.3 is 10.3 Å². The molecule has 10 heteroatoms. The molecule has 2 aromatic carbocycles. The number of nitrogen functional groups attached to an aromatic ring is 1. The van der Waals surface area contributed by atoms with E-state index in [0.29, 0.717) is 21.4 Å². The summed E-state index contributed by atoms with van der Waals surface area (Å²) in [7, 11) is 0. The summed E-state index contributed by atoms with van der Waals surface area (Å²) in [6, 6.07) is 11.9. The summed E-state index contributed by atoms with van der Waals surface area (Å²) in [5, 5.41) is 0.745. The Bertz CT molecular complexity index is 1130. The number of fused-ring (bicyclic) bond motifs is 1. The van der Waals surface area contributed by atoms with Crippen molar-refractivity contribution in [3.63, 3.8) is 0 Å². The molecule has 0 saturated heterocycles. The molecule has 1 amide bonds. The lowest BCUT2D eigenvalue weighted by atomic mass is 9.92. The van der Waals surface area contributed by atoms with Gasteiger partial charge in [0.05, 0.1) is 11.9 Å². The molecule has 1 unspecified atom stereocenters. The fourth-order valence-electron chi connectivity index (χ4n) is 3.59. The topological polar surface area (TPSA) is 101 Å². The minimum atomic E-state index is -2.33. The lowest BCUT2D eigenvalue weighted by Crippen LogP contribution is -2.41. The van der Waals surface area contributed by atoms with Gasteiger partial charge in [-0.05, 0) is 42.8 Å². The summed E-state index contributed by atoms with van der Waals surface area (Å²) >= 11 is 9.92. The maximum Gasteiger partial charge on any atom is 0.260 e. The highest BCUT2D eigenvalue weighted by Gasteiger charge is 2.50. The Morgan fingerprint density at radius 1 is 1.17 bits per heavy atom. The number of rotatable bonds is 4. The van der Waals surface area contributed by atoms with Crippen molar-refractivity contribution in [1.29, 1.82) is 0 Å². The zero-order chi connectivity index (χ0) is 20.9. The van der Waals surface area contributed by atoms with Crippen molar-refractivity contribution in [1.82, 2.24) is 9.55 Å². The van der Waals surface area contributed by atoms with Gasteiger partial charge in [0.25, 0.3) is 5.91 Å². The summed E-state index contributed by atoms with van der Waals surface area (Å²) in [5.74, 6) is -0.0915. The van der Waals surface area contributed by atoms with Crippen LogP contribution in [-0.2, 0) is 27.8 Å². The number of benzene rings is 2. The number of nitrogens with zero attached hydrogens (tertiary/aromatic N) is 3. The summed E-state index contributed by atoms with van der Waals surface area (Å²) in [6.45, 7) is 1.71. The molecule has 4 rings (SSSR count). The fourth-order valence-corrected chi connectivity index (χ4v) is 4.68. The molecule has 7 nitrogen and oxygen atoms in total. The number of anilines is 3. The van der Waals surface area contributed by atoms with Gasteiger partial charge in [0.1, 0.15) is 5.54 Å². The first-order chi connectivity index (χ1) is 13.7. The third-order valence-corrected chi connectivity index (χ3v) is 5.96. The molecule has 0 bridgehead atoms. The predicted octanol–water partition coefficient (Wildman–Crippen LogP) is 3.99. The van der Waals surface area contributed by atoms with Crippen LogP contribution in [0.1, 0.15) is 12.5 Å². The average molecular weight is 451 g/mol. The molecule has 2 atom stereocenters. The highest BCUT2D eigenvalue weighted by Crippen LogP contribution is 2.44.